The number of ether oxygens (including phenoxy) is 1. The highest BCUT2D eigenvalue weighted by molar-refractivity contribution is 8.27. The number of para-hydroxylation sites is 1. The zero-order chi connectivity index (χ0) is 18.1. The van der Waals surface area contributed by atoms with E-state index in [1.165, 1.54) is 11.8 Å². The molecule has 0 aliphatic carbocycles. The van der Waals surface area contributed by atoms with Gasteiger partial charge < -0.3 is 4.74 Å². The molecule has 0 N–H and O–H groups in total. The first-order chi connectivity index (χ1) is 11.9. The Morgan fingerprint density at radius 3 is 2.24 bits per heavy atom. The number of hydrogen-bond donors (Lipinski definition) is 0. The van der Waals surface area contributed by atoms with Crippen LogP contribution in [0, 0.1) is 13.8 Å². The number of thioether (sulfide) groups is 1. The van der Waals surface area contributed by atoms with Gasteiger partial charge in [-0.3, -0.25) is 9.69 Å². The summed E-state index contributed by atoms with van der Waals surface area (Å²) in [6.45, 7) is 5.96. The molecule has 0 radical (unpaired) electrons. The third-order valence-corrected chi connectivity index (χ3v) is 5.77. The molecule has 1 amide bonds. The molecule has 1 fully saturated rings. The third kappa shape index (κ3) is 3.22. The summed E-state index contributed by atoms with van der Waals surface area (Å²) in [5.74, 6) is 0.736. The summed E-state index contributed by atoms with van der Waals surface area (Å²) in [6.07, 6.45) is 0. The molecule has 0 aromatic heterocycles. The van der Waals surface area contributed by atoms with Crippen molar-refractivity contribution in [3.8, 4) is 5.75 Å². The predicted octanol–water partition coefficient (Wildman–Crippen LogP) is 5.11. The molecule has 0 bridgehead atoms. The molecule has 3 nitrogen and oxygen atoms in total. The van der Waals surface area contributed by atoms with E-state index in [-0.39, 0.29) is 5.91 Å². The molecule has 1 aliphatic heterocycles. The number of benzene rings is 2. The minimum Gasteiger partial charge on any atom is -0.497 e. The third-order valence-electron chi connectivity index (χ3n) is 4.30. The number of amides is 1. The van der Waals surface area contributed by atoms with E-state index in [9.17, 15) is 4.79 Å². The van der Waals surface area contributed by atoms with Crippen molar-refractivity contribution in [1.29, 1.82) is 0 Å². The number of rotatable bonds is 3. The first-order valence-electron chi connectivity index (χ1n) is 7.92. The number of allylic oxidation sites excluding steroid dienone is 1. The summed E-state index contributed by atoms with van der Waals surface area (Å²) in [6, 6.07) is 13.7. The SMILES string of the molecule is COc1ccc(/C(C)=C2\SC(=S)N(c3c(C)cccc3C)C2=O)cc1. The summed E-state index contributed by atoms with van der Waals surface area (Å²) in [5, 5.41) is 0. The van der Waals surface area contributed by atoms with Crippen LogP contribution in [0.15, 0.2) is 47.4 Å². The molecule has 0 spiro atoms. The summed E-state index contributed by atoms with van der Waals surface area (Å²) in [4.78, 5) is 15.4. The van der Waals surface area contributed by atoms with Gasteiger partial charge in [-0.15, -0.1) is 0 Å². The van der Waals surface area contributed by atoms with Crippen molar-refractivity contribution in [3.63, 3.8) is 0 Å². The Balaban J connectivity index is 2.03. The molecule has 1 saturated heterocycles. The van der Waals surface area contributed by atoms with Crippen molar-refractivity contribution in [1.82, 2.24) is 0 Å². The second-order valence-electron chi connectivity index (χ2n) is 5.93. The zero-order valence-corrected chi connectivity index (χ0v) is 16.3. The lowest BCUT2D eigenvalue weighted by molar-refractivity contribution is -0.113. The van der Waals surface area contributed by atoms with Crippen molar-refractivity contribution < 1.29 is 9.53 Å². The average Bonchev–Trinajstić information content (AvgIpc) is 2.89. The Morgan fingerprint density at radius 2 is 1.68 bits per heavy atom. The minimum absolute atomic E-state index is 0.0549. The second-order valence-corrected chi connectivity index (χ2v) is 7.58. The highest BCUT2D eigenvalue weighted by Gasteiger charge is 2.36. The van der Waals surface area contributed by atoms with Crippen LogP contribution in [0.2, 0.25) is 0 Å². The van der Waals surface area contributed by atoms with E-state index in [1.54, 1.807) is 12.0 Å². The van der Waals surface area contributed by atoms with Gasteiger partial charge in [-0.25, -0.2) is 0 Å². The van der Waals surface area contributed by atoms with Gasteiger partial charge in [0.25, 0.3) is 5.91 Å². The van der Waals surface area contributed by atoms with Crippen molar-refractivity contribution in [2.45, 2.75) is 20.8 Å². The van der Waals surface area contributed by atoms with E-state index in [4.69, 9.17) is 17.0 Å². The highest BCUT2D eigenvalue weighted by atomic mass is 32.2. The van der Waals surface area contributed by atoms with Crippen molar-refractivity contribution in [2.24, 2.45) is 0 Å². The van der Waals surface area contributed by atoms with Gasteiger partial charge in [-0.05, 0) is 55.2 Å². The Kier molecular flexibility index (Phi) is 4.97. The number of methoxy groups -OCH3 is 1. The van der Waals surface area contributed by atoms with Crippen molar-refractivity contribution in [2.75, 3.05) is 12.0 Å². The van der Waals surface area contributed by atoms with Crippen LogP contribution in [0.4, 0.5) is 5.69 Å². The van der Waals surface area contributed by atoms with Gasteiger partial charge in [0.05, 0.1) is 17.7 Å². The Labute approximate surface area is 157 Å². The maximum atomic E-state index is 13.1. The Hall–Kier alpha value is -2.11. The zero-order valence-electron chi connectivity index (χ0n) is 14.6. The second kappa shape index (κ2) is 7.02. The van der Waals surface area contributed by atoms with Gasteiger partial charge in [0.1, 0.15) is 5.75 Å². The summed E-state index contributed by atoms with van der Waals surface area (Å²) >= 11 is 6.88. The monoisotopic (exact) mass is 369 g/mol. The quantitative estimate of drug-likeness (QED) is 0.555. The van der Waals surface area contributed by atoms with E-state index < -0.39 is 0 Å². The normalized spacial score (nSPS) is 16.4. The maximum Gasteiger partial charge on any atom is 0.271 e. The molecule has 5 heteroatoms. The lowest BCUT2D eigenvalue weighted by Crippen LogP contribution is -2.29. The standard InChI is InChI=1S/C20H19NO2S2/c1-12-6-5-7-13(2)17(12)21-19(22)18(25-20(21)24)14(3)15-8-10-16(23-4)11-9-15/h5-11H,1-4H3/b18-14-. The number of nitrogens with zero attached hydrogens (tertiary/aromatic N) is 1. The van der Waals surface area contributed by atoms with E-state index in [0.29, 0.717) is 9.23 Å². The van der Waals surface area contributed by atoms with Gasteiger partial charge >= 0.3 is 0 Å². The van der Waals surface area contributed by atoms with Crippen LogP contribution in [0.25, 0.3) is 5.57 Å². The van der Waals surface area contributed by atoms with Crippen LogP contribution < -0.4 is 9.64 Å². The van der Waals surface area contributed by atoms with Gasteiger partial charge in [0.15, 0.2) is 4.32 Å². The van der Waals surface area contributed by atoms with Crippen LogP contribution in [0.1, 0.15) is 23.6 Å². The first kappa shape index (κ1) is 17.7. The van der Waals surface area contributed by atoms with Crippen LogP contribution in [-0.4, -0.2) is 17.3 Å². The van der Waals surface area contributed by atoms with E-state index >= 15 is 0 Å². The van der Waals surface area contributed by atoms with Gasteiger partial charge in [0.2, 0.25) is 0 Å². The summed E-state index contributed by atoms with van der Waals surface area (Å²) in [5.41, 5.74) is 4.89. The molecule has 1 heterocycles. The fraction of sp³-hybridized carbons (Fsp3) is 0.200. The van der Waals surface area contributed by atoms with Crippen molar-refractivity contribution >= 4 is 45.5 Å². The Morgan fingerprint density at radius 1 is 1.08 bits per heavy atom. The maximum absolute atomic E-state index is 13.1. The number of aryl methyl sites for hydroxylation is 2. The van der Waals surface area contributed by atoms with Gasteiger partial charge in [-0.2, -0.15) is 0 Å². The average molecular weight is 370 g/mol. The molecule has 25 heavy (non-hydrogen) atoms. The van der Waals surface area contributed by atoms with Crippen LogP contribution >= 0.6 is 24.0 Å². The van der Waals surface area contributed by atoms with Gasteiger partial charge in [-0.1, -0.05) is 54.3 Å². The van der Waals surface area contributed by atoms with E-state index in [0.717, 1.165) is 33.7 Å². The van der Waals surface area contributed by atoms with Crippen LogP contribution in [-0.2, 0) is 4.79 Å². The van der Waals surface area contributed by atoms with Crippen LogP contribution in [0.3, 0.4) is 0 Å². The molecule has 2 aromatic rings. The topological polar surface area (TPSA) is 29.5 Å². The predicted molar refractivity (Wildman–Crippen MR) is 109 cm³/mol. The largest absolute Gasteiger partial charge is 0.497 e. The number of thiocarbonyl (C=S) groups is 1. The summed E-state index contributed by atoms with van der Waals surface area (Å²) < 4.78 is 5.77. The smallest absolute Gasteiger partial charge is 0.271 e. The first-order valence-corrected chi connectivity index (χ1v) is 9.14. The van der Waals surface area contributed by atoms with E-state index in [2.05, 4.69) is 0 Å². The molecule has 1 aliphatic rings. The van der Waals surface area contributed by atoms with E-state index in [1.807, 2.05) is 63.2 Å². The molecule has 0 unspecified atom stereocenters. The molecule has 0 atom stereocenters. The fourth-order valence-corrected chi connectivity index (χ4v) is 4.24. The fourth-order valence-electron chi connectivity index (χ4n) is 2.92. The molecular formula is C20H19NO2S2. The van der Waals surface area contributed by atoms with Crippen molar-refractivity contribution in [3.05, 3.63) is 64.1 Å². The molecule has 128 valence electrons. The van der Waals surface area contributed by atoms with Crippen LogP contribution in [0.5, 0.6) is 5.75 Å². The number of anilines is 1. The molecule has 0 saturated carbocycles. The number of carbonyl (C=O) groups is 1. The molecular weight excluding hydrogens is 350 g/mol. The Bertz CT molecular complexity index is 865. The highest BCUT2D eigenvalue weighted by Crippen LogP contribution is 2.41. The molecule has 2 aromatic carbocycles. The lowest BCUT2D eigenvalue weighted by atomic mass is 10.1. The minimum atomic E-state index is -0.0549. The number of hydrogen-bond acceptors (Lipinski definition) is 4. The summed E-state index contributed by atoms with van der Waals surface area (Å²) in [7, 11) is 1.64. The number of carbonyl (C=O) groups excluding carboxylic acids is 1. The lowest BCUT2D eigenvalue weighted by Gasteiger charge is -2.19. The molecule has 3 rings (SSSR count). The van der Waals surface area contributed by atoms with Gasteiger partial charge in [0, 0.05) is 0 Å².